The molecule has 0 atom stereocenters. The quantitative estimate of drug-likeness (QED) is 0.929. The summed E-state index contributed by atoms with van der Waals surface area (Å²) >= 11 is 5.12. The molecule has 1 heterocycles. The van der Waals surface area contributed by atoms with Gasteiger partial charge in [-0.1, -0.05) is 27.3 Å². The maximum Gasteiger partial charge on any atom is 0.184 e. The highest BCUT2D eigenvalue weighted by Gasteiger charge is 2.18. The number of aromatic nitrogens is 1. The molecule has 0 aliphatic heterocycles. The highest BCUT2D eigenvalue weighted by Crippen LogP contribution is 2.29. The van der Waals surface area contributed by atoms with Crippen LogP contribution in [0.4, 0.5) is 5.13 Å². The molecule has 0 amide bonds. The fourth-order valence-corrected chi connectivity index (χ4v) is 3.23. The number of nitrogens with zero attached hydrogens (tertiary/aromatic N) is 1. The molecule has 0 unspecified atom stereocenters. The average molecular weight is 315 g/mol. The van der Waals surface area contributed by atoms with E-state index in [0.717, 1.165) is 15.1 Å². The molecule has 0 bridgehead atoms. The van der Waals surface area contributed by atoms with Crippen molar-refractivity contribution in [1.29, 1.82) is 0 Å². The number of nitrogens with one attached hydrogen (secondary N) is 1. The topological polar surface area (TPSA) is 34.1 Å². The molecule has 0 aliphatic carbocycles. The van der Waals surface area contributed by atoms with Crippen molar-refractivity contribution >= 4 is 42.6 Å². The van der Waals surface area contributed by atoms with E-state index in [4.69, 9.17) is 4.74 Å². The first-order valence-electron chi connectivity index (χ1n) is 5.33. The molecule has 1 aromatic carbocycles. The first-order chi connectivity index (χ1) is 8.00. The Labute approximate surface area is 113 Å². The molecule has 0 fully saturated rings. The Morgan fingerprint density at radius 3 is 2.94 bits per heavy atom. The van der Waals surface area contributed by atoms with E-state index in [1.807, 2.05) is 12.1 Å². The summed E-state index contributed by atoms with van der Waals surface area (Å²) in [7, 11) is 1.71. The fourth-order valence-electron chi connectivity index (χ4n) is 1.64. The van der Waals surface area contributed by atoms with E-state index in [9.17, 15) is 0 Å². The third kappa shape index (κ3) is 3.18. The summed E-state index contributed by atoms with van der Waals surface area (Å²) in [5.74, 6) is 0. The third-order valence-electron chi connectivity index (χ3n) is 2.30. The van der Waals surface area contributed by atoms with Crippen LogP contribution in [0.1, 0.15) is 13.8 Å². The number of hydrogen-bond donors (Lipinski definition) is 1. The van der Waals surface area contributed by atoms with E-state index in [0.29, 0.717) is 6.61 Å². The standard InChI is InChI=1S/C12H15BrN2OS/c1-12(2,7-16-3)15-11-14-9-5-4-8(13)6-10(9)17-11/h4-6H,7H2,1-3H3,(H,14,15). The van der Waals surface area contributed by atoms with E-state index in [-0.39, 0.29) is 5.54 Å². The normalized spacial score (nSPS) is 12.0. The van der Waals surface area contributed by atoms with Crippen LogP contribution in [-0.4, -0.2) is 24.2 Å². The summed E-state index contributed by atoms with van der Waals surface area (Å²) in [6.45, 7) is 4.84. The lowest BCUT2D eigenvalue weighted by Gasteiger charge is -2.24. The zero-order valence-electron chi connectivity index (χ0n) is 10.1. The van der Waals surface area contributed by atoms with Crippen LogP contribution >= 0.6 is 27.3 Å². The van der Waals surface area contributed by atoms with Crippen LogP contribution in [0.3, 0.4) is 0 Å². The SMILES string of the molecule is COCC(C)(C)Nc1nc2ccc(Br)cc2s1. The van der Waals surface area contributed by atoms with E-state index >= 15 is 0 Å². The van der Waals surface area contributed by atoms with Crippen LogP contribution in [0.15, 0.2) is 22.7 Å². The molecule has 2 rings (SSSR count). The summed E-state index contributed by atoms with van der Waals surface area (Å²) in [5, 5.41) is 4.33. The highest BCUT2D eigenvalue weighted by molar-refractivity contribution is 9.10. The lowest BCUT2D eigenvalue weighted by molar-refractivity contribution is 0.158. The number of ether oxygens (including phenoxy) is 1. The Kier molecular flexibility index (Phi) is 3.70. The summed E-state index contributed by atoms with van der Waals surface area (Å²) in [4.78, 5) is 4.55. The van der Waals surface area contributed by atoms with Crippen molar-refractivity contribution in [3.8, 4) is 0 Å². The number of thiazole rings is 1. The maximum absolute atomic E-state index is 5.18. The molecular weight excluding hydrogens is 300 g/mol. The Balaban J connectivity index is 2.25. The lowest BCUT2D eigenvalue weighted by atomic mass is 10.1. The van der Waals surface area contributed by atoms with Crippen molar-refractivity contribution in [1.82, 2.24) is 4.98 Å². The molecule has 3 nitrogen and oxygen atoms in total. The molecule has 0 aliphatic rings. The molecular formula is C12H15BrN2OS. The van der Waals surface area contributed by atoms with Gasteiger partial charge in [-0.3, -0.25) is 0 Å². The summed E-state index contributed by atoms with van der Waals surface area (Å²) in [5.41, 5.74) is 0.911. The number of benzene rings is 1. The van der Waals surface area contributed by atoms with Gasteiger partial charge in [0.15, 0.2) is 5.13 Å². The van der Waals surface area contributed by atoms with E-state index in [1.165, 1.54) is 4.70 Å². The van der Waals surface area contributed by atoms with Crippen molar-refractivity contribution in [2.45, 2.75) is 19.4 Å². The first kappa shape index (κ1) is 12.8. The molecule has 17 heavy (non-hydrogen) atoms. The Morgan fingerprint density at radius 1 is 1.47 bits per heavy atom. The molecule has 0 saturated carbocycles. The number of anilines is 1. The molecule has 0 saturated heterocycles. The largest absolute Gasteiger partial charge is 0.382 e. The summed E-state index contributed by atoms with van der Waals surface area (Å²) < 4.78 is 7.43. The Morgan fingerprint density at radius 2 is 2.24 bits per heavy atom. The van der Waals surface area contributed by atoms with Gasteiger partial charge in [-0.15, -0.1) is 0 Å². The highest BCUT2D eigenvalue weighted by atomic mass is 79.9. The second-order valence-corrected chi connectivity index (χ2v) is 6.52. The number of hydrogen-bond acceptors (Lipinski definition) is 4. The summed E-state index contributed by atoms with van der Waals surface area (Å²) in [6, 6.07) is 6.11. The van der Waals surface area contributed by atoms with Gasteiger partial charge >= 0.3 is 0 Å². The minimum Gasteiger partial charge on any atom is -0.382 e. The smallest absolute Gasteiger partial charge is 0.184 e. The fraction of sp³-hybridized carbons (Fsp3) is 0.417. The van der Waals surface area contributed by atoms with Gasteiger partial charge in [0.05, 0.1) is 22.4 Å². The number of fused-ring (bicyclic) bond motifs is 1. The Hall–Kier alpha value is -0.650. The van der Waals surface area contributed by atoms with Crippen molar-refractivity contribution in [3.63, 3.8) is 0 Å². The van der Waals surface area contributed by atoms with Gasteiger partial charge in [0, 0.05) is 11.6 Å². The van der Waals surface area contributed by atoms with Gasteiger partial charge in [0.1, 0.15) is 0 Å². The van der Waals surface area contributed by atoms with Gasteiger partial charge in [-0.2, -0.15) is 0 Å². The minimum absolute atomic E-state index is 0.111. The van der Waals surface area contributed by atoms with Crippen molar-refractivity contribution in [2.24, 2.45) is 0 Å². The van der Waals surface area contributed by atoms with Crippen LogP contribution in [0, 0.1) is 0 Å². The van der Waals surface area contributed by atoms with Gasteiger partial charge < -0.3 is 10.1 Å². The summed E-state index contributed by atoms with van der Waals surface area (Å²) in [6.07, 6.45) is 0. The molecule has 92 valence electrons. The number of halogens is 1. The van der Waals surface area contributed by atoms with Crippen LogP contribution in [0.25, 0.3) is 10.2 Å². The molecule has 0 spiro atoms. The Bertz CT molecular complexity index is 524. The zero-order chi connectivity index (χ0) is 12.5. The average Bonchev–Trinajstić information content (AvgIpc) is 2.57. The number of rotatable bonds is 4. The molecule has 2 aromatic rings. The van der Waals surface area contributed by atoms with Crippen LogP contribution in [-0.2, 0) is 4.74 Å². The second-order valence-electron chi connectivity index (χ2n) is 4.57. The first-order valence-corrected chi connectivity index (χ1v) is 6.94. The van der Waals surface area contributed by atoms with Crippen LogP contribution in [0.2, 0.25) is 0 Å². The van der Waals surface area contributed by atoms with E-state index in [1.54, 1.807) is 18.4 Å². The molecule has 5 heteroatoms. The zero-order valence-corrected chi connectivity index (χ0v) is 12.5. The second kappa shape index (κ2) is 4.92. The van der Waals surface area contributed by atoms with E-state index < -0.39 is 0 Å². The molecule has 1 N–H and O–H groups in total. The van der Waals surface area contributed by atoms with Gasteiger partial charge in [0.2, 0.25) is 0 Å². The van der Waals surface area contributed by atoms with Crippen molar-refractivity contribution in [2.75, 3.05) is 19.0 Å². The van der Waals surface area contributed by atoms with Gasteiger partial charge in [-0.25, -0.2) is 4.98 Å². The van der Waals surface area contributed by atoms with Gasteiger partial charge in [-0.05, 0) is 32.0 Å². The monoisotopic (exact) mass is 314 g/mol. The predicted molar refractivity (Wildman–Crippen MR) is 76.9 cm³/mol. The number of methoxy groups -OCH3 is 1. The molecule has 1 aromatic heterocycles. The lowest BCUT2D eigenvalue weighted by Crippen LogP contribution is -2.35. The predicted octanol–water partition coefficient (Wildman–Crippen LogP) is 3.90. The maximum atomic E-state index is 5.18. The van der Waals surface area contributed by atoms with Crippen LogP contribution < -0.4 is 5.32 Å². The minimum atomic E-state index is -0.111. The van der Waals surface area contributed by atoms with Crippen molar-refractivity contribution in [3.05, 3.63) is 22.7 Å². The van der Waals surface area contributed by atoms with E-state index in [2.05, 4.69) is 46.1 Å². The van der Waals surface area contributed by atoms with Gasteiger partial charge in [0.25, 0.3) is 0 Å². The van der Waals surface area contributed by atoms with Crippen LogP contribution in [0.5, 0.6) is 0 Å². The molecule has 0 radical (unpaired) electrons. The van der Waals surface area contributed by atoms with Crippen molar-refractivity contribution < 1.29 is 4.74 Å². The third-order valence-corrected chi connectivity index (χ3v) is 3.73.